The van der Waals surface area contributed by atoms with Gasteiger partial charge in [-0.15, -0.1) is 0 Å². The van der Waals surface area contributed by atoms with Crippen LogP contribution in [-0.2, 0) is 28.6 Å². The Labute approximate surface area is 209 Å². The van der Waals surface area contributed by atoms with Gasteiger partial charge >= 0.3 is 0 Å². The number of carbonyl (C=O) groups excluding carboxylic acids is 3. The molecule has 0 aliphatic carbocycles. The average Bonchev–Trinajstić information content (AvgIpc) is 2.79. The van der Waals surface area contributed by atoms with Crippen LogP contribution < -0.4 is 0 Å². The molecule has 0 saturated heterocycles. The molecule has 0 aliphatic rings. The highest BCUT2D eigenvalue weighted by atomic mass is 16.5. The molecule has 0 aromatic carbocycles. The predicted molar refractivity (Wildman–Crippen MR) is 138 cm³/mol. The molecule has 0 fully saturated rings. The molecule has 0 unspecified atom stereocenters. The number of hydrogen-bond donors (Lipinski definition) is 0. The van der Waals surface area contributed by atoms with Gasteiger partial charge in [0.2, 0.25) is 17.7 Å². The quantitative estimate of drug-likeness (QED) is 0.308. The first kappa shape index (κ1) is 36.9. The summed E-state index contributed by atoms with van der Waals surface area (Å²) in [7, 11) is 12.1. The zero-order valence-electron chi connectivity index (χ0n) is 23.5. The Morgan fingerprint density at radius 3 is 1.21 bits per heavy atom. The molecule has 9 nitrogen and oxygen atoms in total. The van der Waals surface area contributed by atoms with Crippen LogP contribution in [0.2, 0.25) is 0 Å². The maximum absolute atomic E-state index is 11.1. The van der Waals surface area contributed by atoms with E-state index >= 15 is 0 Å². The van der Waals surface area contributed by atoms with Gasteiger partial charge in [0.25, 0.3) is 0 Å². The maximum atomic E-state index is 11.1. The summed E-state index contributed by atoms with van der Waals surface area (Å²) in [4.78, 5) is 37.6. The van der Waals surface area contributed by atoms with Crippen LogP contribution in [0.4, 0.5) is 0 Å². The zero-order chi connectivity index (χ0) is 26.8. The third-order valence-corrected chi connectivity index (χ3v) is 4.47. The first-order chi connectivity index (χ1) is 16.0. The van der Waals surface area contributed by atoms with E-state index in [0.29, 0.717) is 39.1 Å². The minimum atomic E-state index is 0.108. The van der Waals surface area contributed by atoms with Crippen molar-refractivity contribution < 1.29 is 28.6 Å². The normalized spacial score (nSPS) is 9.79. The van der Waals surface area contributed by atoms with Gasteiger partial charge in [0.1, 0.15) is 0 Å². The molecular weight excluding hydrogens is 438 g/mol. The van der Waals surface area contributed by atoms with Gasteiger partial charge in [-0.05, 0) is 12.8 Å². The van der Waals surface area contributed by atoms with E-state index in [-0.39, 0.29) is 17.7 Å². The lowest BCUT2D eigenvalue weighted by Gasteiger charge is -2.09. The third kappa shape index (κ3) is 30.3. The molecule has 0 saturated carbocycles. The number of amides is 3. The van der Waals surface area contributed by atoms with E-state index < -0.39 is 0 Å². The SMILES string of the molecule is CCCCCOCCC(=O)N(C)C.CCCCOCCC(=O)N(C)C.COCCC(=O)N(C)C. The Kier molecular flexibility index (Phi) is 29.8. The summed E-state index contributed by atoms with van der Waals surface area (Å²) < 4.78 is 15.3. The van der Waals surface area contributed by atoms with Crippen molar-refractivity contribution in [3.05, 3.63) is 0 Å². The van der Waals surface area contributed by atoms with Crippen LogP contribution in [0.3, 0.4) is 0 Å². The molecule has 0 spiro atoms. The van der Waals surface area contributed by atoms with Crippen molar-refractivity contribution in [1.29, 1.82) is 0 Å². The molecule has 0 aromatic rings. The summed E-state index contributed by atoms with van der Waals surface area (Å²) in [5, 5.41) is 0. The van der Waals surface area contributed by atoms with Crippen molar-refractivity contribution in [3.63, 3.8) is 0 Å². The van der Waals surface area contributed by atoms with Crippen LogP contribution in [0.15, 0.2) is 0 Å². The van der Waals surface area contributed by atoms with Crippen LogP contribution in [-0.4, -0.2) is 115 Å². The molecule has 34 heavy (non-hydrogen) atoms. The van der Waals surface area contributed by atoms with Gasteiger partial charge < -0.3 is 28.9 Å². The smallest absolute Gasteiger partial charge is 0.224 e. The van der Waals surface area contributed by atoms with E-state index in [1.54, 1.807) is 64.1 Å². The van der Waals surface area contributed by atoms with Gasteiger partial charge in [0, 0.05) is 62.6 Å². The van der Waals surface area contributed by atoms with Crippen molar-refractivity contribution in [1.82, 2.24) is 14.7 Å². The summed E-state index contributed by atoms with van der Waals surface area (Å²) in [6, 6.07) is 0. The minimum Gasteiger partial charge on any atom is -0.384 e. The number of nitrogens with zero attached hydrogens (tertiary/aromatic N) is 3. The van der Waals surface area contributed by atoms with Crippen molar-refractivity contribution in [2.75, 3.05) is 82.4 Å². The van der Waals surface area contributed by atoms with Crippen molar-refractivity contribution >= 4 is 17.7 Å². The zero-order valence-corrected chi connectivity index (χ0v) is 23.5. The Morgan fingerprint density at radius 1 is 0.529 bits per heavy atom. The molecular formula is C25H53N3O6. The van der Waals surface area contributed by atoms with Gasteiger partial charge in [-0.2, -0.15) is 0 Å². The lowest BCUT2D eigenvalue weighted by atomic mass is 10.3. The fourth-order valence-corrected chi connectivity index (χ4v) is 2.08. The average molecular weight is 492 g/mol. The highest BCUT2D eigenvalue weighted by Crippen LogP contribution is 1.95. The van der Waals surface area contributed by atoms with Gasteiger partial charge in [-0.3, -0.25) is 14.4 Å². The molecule has 0 aliphatic heterocycles. The second-order valence-electron chi connectivity index (χ2n) is 8.39. The van der Waals surface area contributed by atoms with E-state index in [1.165, 1.54) is 12.8 Å². The standard InChI is InChI=1S/C10H21NO2.C9H19NO2.C6H13NO2/c1-4-5-6-8-13-9-7-10(12)11(2)3;1-4-5-7-12-8-6-9(11)10(2)3;1-7(2)6(8)4-5-9-3/h4-9H2,1-3H3;4-8H2,1-3H3;4-5H2,1-3H3. The summed E-state index contributed by atoms with van der Waals surface area (Å²) >= 11 is 0. The molecule has 0 bridgehead atoms. The monoisotopic (exact) mass is 491 g/mol. The van der Waals surface area contributed by atoms with E-state index in [0.717, 1.165) is 32.5 Å². The predicted octanol–water partition coefficient (Wildman–Crippen LogP) is 3.06. The Balaban J connectivity index is -0.000000431. The molecule has 0 atom stereocenters. The molecule has 204 valence electrons. The molecule has 0 N–H and O–H groups in total. The number of rotatable bonds is 16. The van der Waals surface area contributed by atoms with Gasteiger partial charge in [0.15, 0.2) is 0 Å². The molecule has 0 heterocycles. The van der Waals surface area contributed by atoms with Crippen molar-refractivity contribution in [3.8, 4) is 0 Å². The van der Waals surface area contributed by atoms with Crippen LogP contribution >= 0.6 is 0 Å². The largest absolute Gasteiger partial charge is 0.384 e. The number of hydrogen-bond acceptors (Lipinski definition) is 6. The molecule has 9 heteroatoms. The van der Waals surface area contributed by atoms with Gasteiger partial charge in [-0.1, -0.05) is 33.1 Å². The fourth-order valence-electron chi connectivity index (χ4n) is 2.08. The van der Waals surface area contributed by atoms with Crippen molar-refractivity contribution in [2.24, 2.45) is 0 Å². The maximum Gasteiger partial charge on any atom is 0.224 e. The van der Waals surface area contributed by atoms with Gasteiger partial charge in [-0.25, -0.2) is 0 Å². The topological polar surface area (TPSA) is 88.6 Å². The van der Waals surface area contributed by atoms with E-state index in [4.69, 9.17) is 14.2 Å². The number of ether oxygens (including phenoxy) is 3. The summed E-state index contributed by atoms with van der Waals surface area (Å²) in [6.07, 6.45) is 7.21. The van der Waals surface area contributed by atoms with E-state index in [2.05, 4.69) is 13.8 Å². The minimum absolute atomic E-state index is 0.108. The lowest BCUT2D eigenvalue weighted by molar-refractivity contribution is -0.130. The number of methoxy groups -OCH3 is 1. The Hall–Kier alpha value is -1.71. The summed E-state index contributed by atoms with van der Waals surface area (Å²) in [5.74, 6) is 0.374. The van der Waals surface area contributed by atoms with Crippen LogP contribution in [0.5, 0.6) is 0 Å². The fraction of sp³-hybridized carbons (Fsp3) is 0.880. The lowest BCUT2D eigenvalue weighted by Crippen LogP contribution is -2.22. The summed E-state index contributed by atoms with van der Waals surface area (Å²) in [5.41, 5.74) is 0. The first-order valence-corrected chi connectivity index (χ1v) is 12.3. The third-order valence-electron chi connectivity index (χ3n) is 4.47. The highest BCUT2D eigenvalue weighted by molar-refractivity contribution is 5.76. The second kappa shape index (κ2) is 27.5. The van der Waals surface area contributed by atoms with E-state index in [1.807, 2.05) is 0 Å². The van der Waals surface area contributed by atoms with Gasteiger partial charge in [0.05, 0.1) is 39.1 Å². The highest BCUT2D eigenvalue weighted by Gasteiger charge is 2.03. The Morgan fingerprint density at radius 2 is 0.882 bits per heavy atom. The molecule has 0 rings (SSSR count). The van der Waals surface area contributed by atoms with Crippen LogP contribution in [0.25, 0.3) is 0 Å². The second-order valence-corrected chi connectivity index (χ2v) is 8.39. The van der Waals surface area contributed by atoms with Crippen LogP contribution in [0, 0.1) is 0 Å². The first-order valence-electron chi connectivity index (χ1n) is 12.3. The van der Waals surface area contributed by atoms with Crippen LogP contribution in [0.1, 0.15) is 65.2 Å². The molecule has 3 amide bonds. The van der Waals surface area contributed by atoms with E-state index in [9.17, 15) is 14.4 Å². The number of carbonyl (C=O) groups is 3. The molecule has 0 radical (unpaired) electrons. The molecule has 0 aromatic heterocycles. The Bertz CT molecular complexity index is 485. The van der Waals surface area contributed by atoms with Crippen molar-refractivity contribution in [2.45, 2.75) is 65.2 Å². The summed E-state index contributed by atoms with van der Waals surface area (Å²) in [6.45, 7) is 7.46. The number of unbranched alkanes of at least 4 members (excludes halogenated alkanes) is 3.